The first kappa shape index (κ1) is 12.1. The molecule has 3 rings (SSSR count). The highest BCUT2D eigenvalue weighted by Crippen LogP contribution is 2.57. The summed E-state index contributed by atoms with van der Waals surface area (Å²) < 4.78 is 4.97. The van der Waals surface area contributed by atoms with E-state index in [4.69, 9.17) is 4.74 Å². The van der Waals surface area contributed by atoms with Crippen LogP contribution in [0.25, 0.3) is 0 Å². The molecule has 0 radical (unpaired) electrons. The lowest BCUT2D eigenvalue weighted by Gasteiger charge is -2.25. The van der Waals surface area contributed by atoms with E-state index in [1.165, 1.54) is 18.9 Å². The van der Waals surface area contributed by atoms with Crippen molar-refractivity contribution >= 4 is 35.2 Å². The maximum Gasteiger partial charge on any atom is 0.342 e. The third-order valence-electron chi connectivity index (χ3n) is 3.18. The largest absolute Gasteiger partial charge is 0.467 e. The predicted molar refractivity (Wildman–Crippen MR) is 70.8 cm³/mol. The summed E-state index contributed by atoms with van der Waals surface area (Å²) in [6, 6.07) is 0. The molecule has 1 aromatic heterocycles. The Bertz CT molecular complexity index is 507. The number of methoxy groups -OCH3 is 1. The van der Waals surface area contributed by atoms with Crippen molar-refractivity contribution in [3.63, 3.8) is 0 Å². The minimum atomic E-state index is -0.697. The van der Waals surface area contributed by atoms with Gasteiger partial charge in [-0.2, -0.15) is 0 Å². The van der Waals surface area contributed by atoms with Crippen LogP contribution in [0.15, 0.2) is 16.4 Å². The smallest absolute Gasteiger partial charge is 0.342 e. The lowest BCUT2D eigenvalue weighted by atomic mass is 10.1. The Morgan fingerprint density at radius 2 is 2.39 bits per heavy atom. The molecular weight excluding hydrogens is 270 g/mol. The Kier molecular flexibility index (Phi) is 2.90. The maximum absolute atomic E-state index is 12.1. The number of carbonyl (C=O) groups is 1. The summed E-state index contributed by atoms with van der Waals surface area (Å²) in [7, 11) is 1.43. The lowest BCUT2D eigenvalue weighted by molar-refractivity contribution is -0.143. The molecule has 2 heterocycles. The van der Waals surface area contributed by atoms with Gasteiger partial charge in [-0.05, 0) is 19.1 Å². The number of carbonyl (C=O) groups excluding carboxylic acids is 1. The molecule has 1 aromatic rings. The molecule has 1 saturated carbocycles. The van der Waals surface area contributed by atoms with Crippen LogP contribution in [0, 0.1) is 5.92 Å². The Morgan fingerprint density at radius 1 is 1.61 bits per heavy atom. The highest BCUT2D eigenvalue weighted by Gasteiger charge is 2.57. The van der Waals surface area contributed by atoms with Crippen LogP contribution in [0.1, 0.15) is 12.8 Å². The fourth-order valence-electron chi connectivity index (χ4n) is 2.14. The van der Waals surface area contributed by atoms with Crippen molar-refractivity contribution in [1.82, 2.24) is 9.97 Å². The van der Waals surface area contributed by atoms with Crippen molar-refractivity contribution in [3.8, 4) is 0 Å². The number of anilines is 1. The Labute approximate surface area is 113 Å². The number of fused-ring (bicyclic) bond motifs is 1. The van der Waals surface area contributed by atoms with E-state index in [-0.39, 0.29) is 5.97 Å². The molecule has 96 valence electrons. The molecular formula is C11H13N3O2S2. The standard InChI is InChI=1S/C11H13N3O2S2/c1-16-10(15)11(6-3-4-6)14-7-8(17-2)12-5-13-9(7)18-11/h5-6,14H,3-4H2,1-2H3. The van der Waals surface area contributed by atoms with Crippen LogP contribution < -0.4 is 5.32 Å². The van der Waals surface area contributed by atoms with Gasteiger partial charge in [0.05, 0.1) is 7.11 Å². The number of ether oxygens (including phenoxy) is 1. The van der Waals surface area contributed by atoms with Crippen LogP contribution >= 0.6 is 23.5 Å². The van der Waals surface area contributed by atoms with Gasteiger partial charge in [-0.1, -0.05) is 11.8 Å². The number of nitrogens with zero attached hydrogens (tertiary/aromatic N) is 2. The molecule has 1 aliphatic carbocycles. The molecule has 0 saturated heterocycles. The van der Waals surface area contributed by atoms with Gasteiger partial charge in [-0.15, -0.1) is 11.8 Å². The average Bonchev–Trinajstić information content (AvgIpc) is 3.17. The monoisotopic (exact) mass is 283 g/mol. The van der Waals surface area contributed by atoms with Gasteiger partial charge in [0.25, 0.3) is 0 Å². The first-order valence-corrected chi connectivity index (χ1v) is 7.70. The number of aromatic nitrogens is 2. The van der Waals surface area contributed by atoms with E-state index in [9.17, 15) is 4.79 Å². The first-order valence-electron chi connectivity index (χ1n) is 5.66. The van der Waals surface area contributed by atoms with Crippen LogP contribution in [0.3, 0.4) is 0 Å². The van der Waals surface area contributed by atoms with E-state index in [2.05, 4.69) is 15.3 Å². The number of rotatable bonds is 3. The second-order valence-electron chi connectivity index (χ2n) is 4.29. The summed E-state index contributed by atoms with van der Waals surface area (Å²) in [5.41, 5.74) is 0.868. The van der Waals surface area contributed by atoms with Crippen LogP contribution in [0.2, 0.25) is 0 Å². The molecule has 1 N–H and O–H groups in total. The average molecular weight is 283 g/mol. The molecule has 0 bridgehead atoms. The molecule has 1 aliphatic heterocycles. The van der Waals surface area contributed by atoms with E-state index in [1.807, 2.05) is 6.26 Å². The zero-order valence-electron chi connectivity index (χ0n) is 10.1. The first-order chi connectivity index (χ1) is 8.71. The van der Waals surface area contributed by atoms with E-state index in [1.54, 1.807) is 18.1 Å². The van der Waals surface area contributed by atoms with Crippen molar-refractivity contribution < 1.29 is 9.53 Å². The van der Waals surface area contributed by atoms with Crippen molar-refractivity contribution in [2.24, 2.45) is 5.92 Å². The topological polar surface area (TPSA) is 64.1 Å². The number of esters is 1. The zero-order valence-corrected chi connectivity index (χ0v) is 11.7. The van der Waals surface area contributed by atoms with Crippen LogP contribution in [-0.2, 0) is 9.53 Å². The van der Waals surface area contributed by atoms with Crippen molar-refractivity contribution in [1.29, 1.82) is 0 Å². The number of thioether (sulfide) groups is 2. The summed E-state index contributed by atoms with van der Waals surface area (Å²) >= 11 is 3.01. The molecule has 1 unspecified atom stereocenters. The van der Waals surface area contributed by atoms with Gasteiger partial charge in [-0.3, -0.25) is 0 Å². The van der Waals surface area contributed by atoms with E-state index < -0.39 is 4.87 Å². The van der Waals surface area contributed by atoms with Gasteiger partial charge < -0.3 is 10.1 Å². The Morgan fingerprint density at radius 3 is 3.00 bits per heavy atom. The highest BCUT2D eigenvalue weighted by molar-refractivity contribution is 8.02. The summed E-state index contributed by atoms with van der Waals surface area (Å²) in [6.45, 7) is 0. The molecule has 2 aliphatic rings. The summed E-state index contributed by atoms with van der Waals surface area (Å²) in [5, 5.41) is 5.04. The van der Waals surface area contributed by atoms with Crippen LogP contribution in [0.4, 0.5) is 5.69 Å². The summed E-state index contributed by atoms with van der Waals surface area (Å²) in [4.78, 5) is 19.9. The normalized spacial score (nSPS) is 25.4. The van der Waals surface area contributed by atoms with Crippen molar-refractivity contribution in [2.75, 3.05) is 18.7 Å². The summed E-state index contributed by atoms with van der Waals surface area (Å²) in [6.07, 6.45) is 5.60. The van der Waals surface area contributed by atoms with Gasteiger partial charge in [0.15, 0.2) is 4.87 Å². The Balaban J connectivity index is 2.01. The van der Waals surface area contributed by atoms with Crippen LogP contribution in [-0.4, -0.2) is 34.2 Å². The fraction of sp³-hybridized carbons (Fsp3) is 0.545. The molecule has 7 heteroatoms. The Hall–Kier alpha value is -0.950. The lowest BCUT2D eigenvalue weighted by Crippen LogP contribution is -2.43. The second kappa shape index (κ2) is 4.31. The summed E-state index contributed by atoms with van der Waals surface area (Å²) in [5.74, 6) is 0.0962. The van der Waals surface area contributed by atoms with Gasteiger partial charge in [0.2, 0.25) is 0 Å². The quantitative estimate of drug-likeness (QED) is 0.517. The van der Waals surface area contributed by atoms with Crippen molar-refractivity contribution in [3.05, 3.63) is 6.33 Å². The number of nitrogens with one attached hydrogen (secondary N) is 1. The van der Waals surface area contributed by atoms with E-state index in [0.29, 0.717) is 5.92 Å². The minimum Gasteiger partial charge on any atom is -0.467 e. The van der Waals surface area contributed by atoms with E-state index in [0.717, 1.165) is 28.6 Å². The van der Waals surface area contributed by atoms with Crippen LogP contribution in [0.5, 0.6) is 0 Å². The number of hydrogen-bond acceptors (Lipinski definition) is 7. The molecule has 1 fully saturated rings. The van der Waals surface area contributed by atoms with Crippen molar-refractivity contribution in [2.45, 2.75) is 27.8 Å². The van der Waals surface area contributed by atoms with E-state index >= 15 is 0 Å². The molecule has 18 heavy (non-hydrogen) atoms. The molecule has 0 spiro atoms. The minimum absolute atomic E-state index is 0.222. The van der Waals surface area contributed by atoms with Gasteiger partial charge in [-0.25, -0.2) is 14.8 Å². The highest BCUT2D eigenvalue weighted by atomic mass is 32.2. The van der Waals surface area contributed by atoms with Gasteiger partial charge in [0.1, 0.15) is 22.1 Å². The number of hydrogen-bond donors (Lipinski definition) is 1. The SMILES string of the molecule is COC(=O)C1(C2CC2)Nc2c(SC)ncnc2S1. The third-order valence-corrected chi connectivity index (χ3v) is 5.30. The third kappa shape index (κ3) is 1.68. The molecule has 0 amide bonds. The second-order valence-corrected chi connectivity index (χ2v) is 6.32. The molecule has 5 nitrogen and oxygen atoms in total. The predicted octanol–water partition coefficient (Wildman–Crippen LogP) is 2.00. The van der Waals surface area contributed by atoms with Gasteiger partial charge >= 0.3 is 5.97 Å². The molecule has 1 atom stereocenters. The fourth-order valence-corrected chi connectivity index (χ4v) is 4.09. The maximum atomic E-state index is 12.1. The van der Waals surface area contributed by atoms with Gasteiger partial charge in [0, 0.05) is 5.92 Å². The molecule has 0 aromatic carbocycles. The zero-order chi connectivity index (χ0) is 12.8.